The van der Waals surface area contributed by atoms with Crippen LogP contribution in [0.25, 0.3) is 0 Å². The largest absolute Gasteiger partial charge is 0.460 e. The molecule has 0 spiro atoms. The summed E-state index contributed by atoms with van der Waals surface area (Å²) >= 11 is 0. The van der Waals surface area contributed by atoms with Crippen LogP contribution >= 0.6 is 0 Å². The number of anilines is 1. The summed E-state index contributed by atoms with van der Waals surface area (Å²) in [6, 6.07) is 14.1. The van der Waals surface area contributed by atoms with Crippen LogP contribution in [0.1, 0.15) is 45.3 Å². The van der Waals surface area contributed by atoms with Crippen LogP contribution in [0.15, 0.2) is 65.3 Å². The summed E-state index contributed by atoms with van der Waals surface area (Å²) in [7, 11) is 0. The van der Waals surface area contributed by atoms with Crippen LogP contribution in [-0.2, 0) is 4.74 Å². The van der Waals surface area contributed by atoms with Gasteiger partial charge in [0, 0.05) is 13.1 Å². The molecule has 0 unspecified atom stereocenters. The van der Waals surface area contributed by atoms with Crippen LogP contribution in [0.2, 0.25) is 0 Å². The number of ether oxygens (including phenoxy) is 1. The lowest BCUT2D eigenvalue weighted by Gasteiger charge is -2.19. The van der Waals surface area contributed by atoms with Gasteiger partial charge in [-0.3, -0.25) is 4.79 Å². The molecule has 0 radical (unpaired) electrons. The topological polar surface area (TPSA) is 84.7 Å². The van der Waals surface area contributed by atoms with Gasteiger partial charge < -0.3 is 19.4 Å². The Bertz CT molecular complexity index is 1030. The number of amides is 1. The van der Waals surface area contributed by atoms with E-state index in [4.69, 9.17) is 9.15 Å². The zero-order valence-corrected chi connectivity index (χ0v) is 16.8. The minimum atomic E-state index is -0.604. The first-order valence-corrected chi connectivity index (χ1v) is 10.1. The monoisotopic (exact) mass is 423 g/mol. The Hall–Kier alpha value is -3.68. The number of hydrogen-bond acceptors (Lipinski definition) is 6. The SMILES string of the molecule is O=C(OC[C@H](NC(=O)c1coc(N2CCCC2)n1)c1ccccc1)c1ccc(F)cc1. The number of aromatic nitrogens is 1. The molecule has 2 heterocycles. The Morgan fingerprint density at radius 3 is 2.52 bits per heavy atom. The summed E-state index contributed by atoms with van der Waals surface area (Å²) in [6.07, 6.45) is 3.47. The van der Waals surface area contributed by atoms with E-state index in [0.29, 0.717) is 6.01 Å². The standard InChI is InChI=1S/C23H22FN3O4/c24-18-10-8-17(9-11-18)22(29)30-14-19(16-6-2-1-3-7-16)25-21(28)20-15-31-23(26-20)27-12-4-5-13-27/h1-3,6-11,15,19H,4-5,12-14H2,(H,25,28)/t19-/m0/s1. The highest BCUT2D eigenvalue weighted by molar-refractivity contribution is 5.92. The maximum atomic E-state index is 13.1. The zero-order chi connectivity index (χ0) is 21.6. The molecule has 1 N–H and O–H groups in total. The first-order chi connectivity index (χ1) is 15.1. The number of rotatable bonds is 7. The smallest absolute Gasteiger partial charge is 0.338 e. The van der Waals surface area contributed by atoms with E-state index < -0.39 is 23.7 Å². The number of halogens is 1. The van der Waals surface area contributed by atoms with Crippen molar-refractivity contribution in [1.82, 2.24) is 10.3 Å². The molecule has 160 valence electrons. The predicted molar refractivity (Wildman–Crippen MR) is 111 cm³/mol. The van der Waals surface area contributed by atoms with Crippen LogP contribution in [0.4, 0.5) is 10.4 Å². The number of hydrogen-bond donors (Lipinski definition) is 1. The summed E-state index contributed by atoms with van der Waals surface area (Å²) in [5, 5.41) is 2.85. The molecule has 1 amide bonds. The van der Waals surface area contributed by atoms with E-state index in [1.807, 2.05) is 35.2 Å². The Morgan fingerprint density at radius 2 is 1.81 bits per heavy atom. The number of esters is 1. The minimum Gasteiger partial charge on any atom is -0.460 e. The molecule has 2 aromatic carbocycles. The third-order valence-corrected chi connectivity index (χ3v) is 5.07. The molecule has 1 atom stereocenters. The summed E-state index contributed by atoms with van der Waals surface area (Å²) in [5.74, 6) is -1.47. The fourth-order valence-corrected chi connectivity index (χ4v) is 3.39. The molecule has 1 aliphatic rings. The Kier molecular flexibility index (Phi) is 6.26. The van der Waals surface area contributed by atoms with Gasteiger partial charge in [-0.15, -0.1) is 0 Å². The van der Waals surface area contributed by atoms with Crippen molar-refractivity contribution in [1.29, 1.82) is 0 Å². The van der Waals surface area contributed by atoms with E-state index in [1.165, 1.54) is 30.5 Å². The first-order valence-electron chi connectivity index (χ1n) is 10.1. The second kappa shape index (κ2) is 9.42. The average Bonchev–Trinajstić information content (AvgIpc) is 3.49. The van der Waals surface area contributed by atoms with Crippen LogP contribution in [-0.4, -0.2) is 36.6 Å². The van der Waals surface area contributed by atoms with Gasteiger partial charge in [-0.25, -0.2) is 9.18 Å². The van der Waals surface area contributed by atoms with Crippen molar-refractivity contribution in [3.63, 3.8) is 0 Å². The summed E-state index contributed by atoms with van der Waals surface area (Å²) < 4.78 is 23.9. The fraction of sp³-hybridized carbons (Fsp3) is 0.261. The number of carbonyl (C=O) groups is 2. The second-order valence-electron chi connectivity index (χ2n) is 7.25. The highest BCUT2D eigenvalue weighted by Gasteiger charge is 2.23. The van der Waals surface area contributed by atoms with E-state index in [-0.39, 0.29) is 17.9 Å². The van der Waals surface area contributed by atoms with Crippen molar-refractivity contribution in [2.45, 2.75) is 18.9 Å². The summed E-state index contributed by atoms with van der Waals surface area (Å²) in [4.78, 5) is 31.4. The van der Waals surface area contributed by atoms with Gasteiger partial charge in [-0.1, -0.05) is 30.3 Å². The van der Waals surface area contributed by atoms with Gasteiger partial charge in [-0.05, 0) is 42.7 Å². The van der Waals surface area contributed by atoms with Crippen molar-refractivity contribution in [3.8, 4) is 0 Å². The highest BCUT2D eigenvalue weighted by atomic mass is 19.1. The van der Waals surface area contributed by atoms with Crippen LogP contribution in [0.5, 0.6) is 0 Å². The van der Waals surface area contributed by atoms with Crippen molar-refractivity contribution in [2.24, 2.45) is 0 Å². The molecule has 7 nitrogen and oxygen atoms in total. The quantitative estimate of drug-likeness (QED) is 0.583. The lowest BCUT2D eigenvalue weighted by Crippen LogP contribution is -2.32. The third-order valence-electron chi connectivity index (χ3n) is 5.07. The molecule has 0 aliphatic carbocycles. The lowest BCUT2D eigenvalue weighted by molar-refractivity contribution is 0.0455. The second-order valence-corrected chi connectivity index (χ2v) is 7.25. The van der Waals surface area contributed by atoms with Crippen LogP contribution < -0.4 is 10.2 Å². The normalized spacial score (nSPS) is 14.3. The first kappa shape index (κ1) is 20.6. The van der Waals surface area contributed by atoms with E-state index in [0.717, 1.165) is 31.5 Å². The summed E-state index contributed by atoms with van der Waals surface area (Å²) in [6.45, 7) is 1.61. The fourth-order valence-electron chi connectivity index (χ4n) is 3.39. The third kappa shape index (κ3) is 5.09. The van der Waals surface area contributed by atoms with Gasteiger partial charge in [-0.2, -0.15) is 4.98 Å². The van der Waals surface area contributed by atoms with Gasteiger partial charge in [0.25, 0.3) is 11.9 Å². The van der Waals surface area contributed by atoms with Gasteiger partial charge in [0.1, 0.15) is 18.7 Å². The van der Waals surface area contributed by atoms with Gasteiger partial charge in [0.15, 0.2) is 5.69 Å². The molecule has 31 heavy (non-hydrogen) atoms. The van der Waals surface area contributed by atoms with Crippen molar-refractivity contribution >= 4 is 17.9 Å². The van der Waals surface area contributed by atoms with Crippen LogP contribution in [0.3, 0.4) is 0 Å². The maximum absolute atomic E-state index is 13.1. The molecule has 1 aromatic heterocycles. The molecule has 0 saturated carbocycles. The van der Waals surface area contributed by atoms with Gasteiger partial charge in [0.05, 0.1) is 11.6 Å². The lowest BCUT2D eigenvalue weighted by atomic mass is 10.1. The van der Waals surface area contributed by atoms with Crippen molar-refractivity contribution < 1.29 is 23.1 Å². The molecule has 3 aromatic rings. The Morgan fingerprint density at radius 1 is 1.10 bits per heavy atom. The molecule has 1 saturated heterocycles. The molecular weight excluding hydrogens is 401 g/mol. The minimum absolute atomic E-state index is 0.0944. The maximum Gasteiger partial charge on any atom is 0.338 e. The molecule has 1 aliphatic heterocycles. The Balaban J connectivity index is 1.44. The van der Waals surface area contributed by atoms with Gasteiger partial charge >= 0.3 is 5.97 Å². The number of oxazole rings is 1. The molecule has 0 bridgehead atoms. The Labute approximate surface area is 178 Å². The van der Waals surface area contributed by atoms with E-state index in [9.17, 15) is 14.0 Å². The number of carbonyl (C=O) groups excluding carboxylic acids is 2. The predicted octanol–water partition coefficient (Wildman–Crippen LogP) is 3.74. The molecule has 8 heteroatoms. The number of nitrogens with zero attached hydrogens (tertiary/aromatic N) is 2. The van der Waals surface area contributed by atoms with E-state index in [1.54, 1.807) is 0 Å². The van der Waals surface area contributed by atoms with Crippen molar-refractivity contribution in [2.75, 3.05) is 24.6 Å². The summed E-state index contributed by atoms with van der Waals surface area (Å²) in [5.41, 5.74) is 1.16. The average molecular weight is 423 g/mol. The molecule has 4 rings (SSSR count). The van der Waals surface area contributed by atoms with Gasteiger partial charge in [0.2, 0.25) is 0 Å². The van der Waals surface area contributed by atoms with E-state index in [2.05, 4.69) is 10.3 Å². The van der Waals surface area contributed by atoms with Crippen LogP contribution in [0, 0.1) is 5.82 Å². The number of nitrogens with one attached hydrogen (secondary N) is 1. The molecular formula is C23H22FN3O4. The zero-order valence-electron chi connectivity index (χ0n) is 16.8. The van der Waals surface area contributed by atoms with E-state index >= 15 is 0 Å². The number of benzene rings is 2. The van der Waals surface area contributed by atoms with Crippen molar-refractivity contribution in [3.05, 3.63) is 83.5 Å². The highest BCUT2D eigenvalue weighted by Crippen LogP contribution is 2.20. The molecule has 1 fully saturated rings.